The molecule has 0 radical (unpaired) electrons. The van der Waals surface area contributed by atoms with Crippen LogP contribution in [0, 0.1) is 0 Å². The lowest BCUT2D eigenvalue weighted by molar-refractivity contribution is -0.120. The molecule has 1 heterocycles. The molecule has 0 aliphatic carbocycles. The lowest BCUT2D eigenvalue weighted by Gasteiger charge is -2.43. The van der Waals surface area contributed by atoms with Gasteiger partial charge in [0.05, 0.1) is 17.8 Å². The van der Waals surface area contributed by atoms with Gasteiger partial charge in [0.15, 0.2) is 0 Å². The quantitative estimate of drug-likeness (QED) is 0.830. The predicted molar refractivity (Wildman–Crippen MR) is 104 cm³/mol. The van der Waals surface area contributed by atoms with E-state index in [-0.39, 0.29) is 18.0 Å². The highest BCUT2D eigenvalue weighted by Gasteiger charge is 2.38. The molecule has 5 nitrogen and oxygen atoms in total. The average Bonchev–Trinajstić information content (AvgIpc) is 2.67. The Labute approximate surface area is 154 Å². The SMILES string of the molecule is CCN(CC)CC(=O)N1c2ccccc2C(=O)N(c2ccccc2)C1C. The van der Waals surface area contributed by atoms with Crippen molar-refractivity contribution in [3.8, 4) is 0 Å². The van der Waals surface area contributed by atoms with Crippen LogP contribution in [0.25, 0.3) is 0 Å². The Bertz CT molecular complexity index is 787. The van der Waals surface area contributed by atoms with Gasteiger partial charge < -0.3 is 0 Å². The molecule has 0 bridgehead atoms. The molecule has 0 fully saturated rings. The lowest BCUT2D eigenvalue weighted by atomic mass is 10.0. The maximum Gasteiger partial charge on any atom is 0.262 e. The minimum absolute atomic E-state index is 0.00193. The molecule has 0 N–H and O–H groups in total. The van der Waals surface area contributed by atoms with Crippen LogP contribution in [0.15, 0.2) is 54.6 Å². The highest BCUT2D eigenvalue weighted by atomic mass is 16.2. The van der Waals surface area contributed by atoms with E-state index in [2.05, 4.69) is 4.90 Å². The number of hydrogen-bond acceptors (Lipinski definition) is 3. The van der Waals surface area contributed by atoms with Crippen LogP contribution >= 0.6 is 0 Å². The average molecular weight is 351 g/mol. The normalized spacial score (nSPS) is 16.8. The molecular formula is C21H25N3O2. The monoisotopic (exact) mass is 351 g/mol. The second-order valence-electron chi connectivity index (χ2n) is 6.38. The molecule has 136 valence electrons. The highest BCUT2D eigenvalue weighted by molar-refractivity contribution is 6.16. The van der Waals surface area contributed by atoms with Crippen molar-refractivity contribution in [1.82, 2.24) is 4.90 Å². The lowest BCUT2D eigenvalue weighted by Crippen LogP contribution is -2.58. The maximum atomic E-state index is 13.1. The van der Waals surface area contributed by atoms with Crippen molar-refractivity contribution in [2.75, 3.05) is 29.4 Å². The molecule has 2 aromatic rings. The molecule has 1 aliphatic heterocycles. The first-order chi connectivity index (χ1) is 12.6. The largest absolute Gasteiger partial charge is 0.295 e. The zero-order valence-electron chi connectivity index (χ0n) is 15.6. The molecule has 0 saturated heterocycles. The van der Waals surface area contributed by atoms with Crippen LogP contribution in [0.4, 0.5) is 11.4 Å². The van der Waals surface area contributed by atoms with Gasteiger partial charge in [0.1, 0.15) is 6.17 Å². The van der Waals surface area contributed by atoms with Crippen molar-refractivity contribution >= 4 is 23.2 Å². The van der Waals surface area contributed by atoms with E-state index in [1.165, 1.54) is 0 Å². The number of hydrogen-bond donors (Lipinski definition) is 0. The first kappa shape index (κ1) is 18.1. The predicted octanol–water partition coefficient (Wildman–Crippen LogP) is 3.37. The van der Waals surface area contributed by atoms with Gasteiger partial charge in [-0.15, -0.1) is 0 Å². The number of anilines is 2. The second-order valence-corrected chi connectivity index (χ2v) is 6.38. The van der Waals surface area contributed by atoms with Gasteiger partial charge >= 0.3 is 0 Å². The molecule has 1 aliphatic rings. The number of rotatable bonds is 5. The molecule has 0 saturated carbocycles. The standard InChI is InChI=1S/C21H25N3O2/c1-4-22(5-2)15-20(25)24-16(3)23(17-11-7-6-8-12-17)21(26)18-13-9-10-14-19(18)24/h6-14,16H,4-5,15H2,1-3H3. The Kier molecular flexibility index (Phi) is 5.38. The third-order valence-corrected chi connectivity index (χ3v) is 4.92. The topological polar surface area (TPSA) is 43.9 Å². The first-order valence-corrected chi connectivity index (χ1v) is 9.10. The summed E-state index contributed by atoms with van der Waals surface area (Å²) in [6.45, 7) is 7.96. The van der Waals surface area contributed by atoms with Crippen LogP contribution in [-0.4, -0.2) is 42.5 Å². The molecule has 1 atom stereocenters. The highest BCUT2D eigenvalue weighted by Crippen LogP contribution is 2.34. The summed E-state index contributed by atoms with van der Waals surface area (Å²) in [5.41, 5.74) is 2.04. The molecule has 26 heavy (non-hydrogen) atoms. The van der Waals surface area contributed by atoms with E-state index in [1.54, 1.807) is 15.9 Å². The number of para-hydroxylation sites is 2. The molecule has 3 rings (SSSR count). The number of amides is 2. The van der Waals surface area contributed by atoms with Crippen molar-refractivity contribution in [1.29, 1.82) is 0 Å². The first-order valence-electron chi connectivity index (χ1n) is 9.10. The Morgan fingerprint density at radius 1 is 1.00 bits per heavy atom. The fourth-order valence-corrected chi connectivity index (χ4v) is 3.46. The van der Waals surface area contributed by atoms with Gasteiger partial charge in [0.25, 0.3) is 5.91 Å². The molecule has 2 aromatic carbocycles. The van der Waals surface area contributed by atoms with E-state index in [1.807, 2.05) is 69.3 Å². The van der Waals surface area contributed by atoms with Crippen molar-refractivity contribution in [2.45, 2.75) is 26.9 Å². The van der Waals surface area contributed by atoms with Gasteiger partial charge in [-0.1, -0.05) is 44.2 Å². The van der Waals surface area contributed by atoms with Gasteiger partial charge in [-0.05, 0) is 44.3 Å². The second kappa shape index (κ2) is 7.70. The minimum atomic E-state index is -0.386. The maximum absolute atomic E-state index is 13.1. The molecule has 1 unspecified atom stereocenters. The molecule has 0 aromatic heterocycles. The summed E-state index contributed by atoms with van der Waals surface area (Å²) in [5.74, 6) is -0.0757. The van der Waals surface area contributed by atoms with Gasteiger partial charge in [-0.25, -0.2) is 0 Å². The minimum Gasteiger partial charge on any atom is -0.295 e. The van der Waals surface area contributed by atoms with Gasteiger partial charge in [0, 0.05) is 5.69 Å². The van der Waals surface area contributed by atoms with Gasteiger partial charge in [-0.3, -0.25) is 24.3 Å². The summed E-state index contributed by atoms with van der Waals surface area (Å²) in [5, 5.41) is 0. The molecule has 2 amide bonds. The Morgan fingerprint density at radius 2 is 1.62 bits per heavy atom. The van der Waals surface area contributed by atoms with Crippen LogP contribution in [0.1, 0.15) is 31.1 Å². The summed E-state index contributed by atoms with van der Waals surface area (Å²) in [6.07, 6.45) is -0.386. The third kappa shape index (κ3) is 3.22. The molecule has 0 spiro atoms. The zero-order valence-corrected chi connectivity index (χ0v) is 15.6. The fourth-order valence-electron chi connectivity index (χ4n) is 3.46. The van der Waals surface area contributed by atoms with Crippen molar-refractivity contribution in [2.24, 2.45) is 0 Å². The summed E-state index contributed by atoms with van der Waals surface area (Å²) in [7, 11) is 0. The van der Waals surface area contributed by atoms with Crippen LogP contribution in [-0.2, 0) is 4.79 Å². The van der Waals surface area contributed by atoms with Crippen LogP contribution in [0.2, 0.25) is 0 Å². The number of nitrogens with zero attached hydrogens (tertiary/aromatic N) is 3. The fraction of sp³-hybridized carbons (Fsp3) is 0.333. The molecular weight excluding hydrogens is 326 g/mol. The van der Waals surface area contributed by atoms with Crippen molar-refractivity contribution in [3.63, 3.8) is 0 Å². The Balaban J connectivity index is 2.04. The summed E-state index contributed by atoms with van der Waals surface area (Å²) in [6, 6.07) is 16.9. The van der Waals surface area contributed by atoms with Crippen molar-refractivity contribution < 1.29 is 9.59 Å². The summed E-state index contributed by atoms with van der Waals surface area (Å²) >= 11 is 0. The van der Waals surface area contributed by atoms with E-state index in [4.69, 9.17) is 0 Å². The van der Waals surface area contributed by atoms with Gasteiger partial charge in [0.2, 0.25) is 5.91 Å². The summed E-state index contributed by atoms with van der Waals surface area (Å²) < 4.78 is 0. The number of fused-ring (bicyclic) bond motifs is 1. The van der Waals surface area contributed by atoms with Crippen molar-refractivity contribution in [3.05, 3.63) is 60.2 Å². The Morgan fingerprint density at radius 3 is 2.27 bits per heavy atom. The van der Waals surface area contributed by atoms with E-state index in [0.717, 1.165) is 18.8 Å². The third-order valence-electron chi connectivity index (χ3n) is 4.92. The van der Waals surface area contributed by atoms with Crippen LogP contribution in [0.5, 0.6) is 0 Å². The smallest absolute Gasteiger partial charge is 0.262 e. The van der Waals surface area contributed by atoms with Gasteiger partial charge in [-0.2, -0.15) is 0 Å². The van der Waals surface area contributed by atoms with E-state index in [0.29, 0.717) is 17.8 Å². The number of carbonyl (C=O) groups excluding carboxylic acids is 2. The van der Waals surface area contributed by atoms with Crippen LogP contribution < -0.4 is 9.80 Å². The van der Waals surface area contributed by atoms with Crippen LogP contribution in [0.3, 0.4) is 0 Å². The number of likely N-dealkylation sites (N-methyl/N-ethyl adjacent to an activating group) is 1. The summed E-state index contributed by atoms with van der Waals surface area (Å²) in [4.78, 5) is 31.8. The number of carbonyl (C=O) groups is 2. The number of benzene rings is 2. The molecule has 5 heteroatoms. The zero-order chi connectivity index (χ0) is 18.7. The Hall–Kier alpha value is -2.66. The van der Waals surface area contributed by atoms with E-state index in [9.17, 15) is 9.59 Å². The van der Waals surface area contributed by atoms with E-state index < -0.39 is 0 Å². The van der Waals surface area contributed by atoms with E-state index >= 15 is 0 Å².